The maximum atomic E-state index is 14.5. The molecule has 40 heavy (non-hydrogen) atoms. The van der Waals surface area contributed by atoms with Gasteiger partial charge in [-0.3, -0.25) is 5.32 Å². The number of ether oxygens (including phenoxy) is 3. The van der Waals surface area contributed by atoms with Crippen molar-refractivity contribution in [3.63, 3.8) is 0 Å². The lowest BCUT2D eigenvalue weighted by molar-refractivity contribution is -0.267. The van der Waals surface area contributed by atoms with Crippen LogP contribution in [0.5, 0.6) is 17.2 Å². The fourth-order valence-corrected chi connectivity index (χ4v) is 4.51. The predicted molar refractivity (Wildman–Crippen MR) is 143 cm³/mol. The molecule has 3 unspecified atom stereocenters. The number of aliphatic hydroxyl groups is 3. The monoisotopic (exact) mass is 627 g/mol. The first-order chi connectivity index (χ1) is 18.8. The molecule has 0 spiro atoms. The second-order valence-electron chi connectivity index (χ2n) is 9.57. The lowest BCUT2D eigenvalue weighted by Gasteiger charge is -2.32. The lowest BCUT2D eigenvalue weighted by Crippen LogP contribution is -2.51. The van der Waals surface area contributed by atoms with E-state index in [0.717, 1.165) is 10.5 Å². The summed E-state index contributed by atoms with van der Waals surface area (Å²) >= 11 is 3.33. The van der Waals surface area contributed by atoms with Crippen LogP contribution in [0.25, 0.3) is 11.3 Å². The molecular formula is C27H29BrF3N3O6. The highest BCUT2D eigenvalue weighted by Crippen LogP contribution is 2.46. The highest BCUT2D eigenvalue weighted by Gasteiger charge is 2.57. The zero-order chi connectivity index (χ0) is 29.3. The number of aliphatic hydroxyl groups excluding tert-OH is 2. The van der Waals surface area contributed by atoms with E-state index in [9.17, 15) is 23.4 Å². The SMILES string of the molecule is COc1cc(C(O)NCC(O)(c2cc3c(c(-c4ccc(Br)cc4)n2)OCC3(C)N)C(F)(F)F)ccc1OCCO. The van der Waals surface area contributed by atoms with Crippen molar-refractivity contribution in [3.8, 4) is 28.5 Å². The first kappa shape index (κ1) is 30.0. The highest BCUT2D eigenvalue weighted by molar-refractivity contribution is 9.10. The van der Waals surface area contributed by atoms with Gasteiger partial charge in [0, 0.05) is 22.1 Å². The van der Waals surface area contributed by atoms with Crippen LogP contribution in [0.4, 0.5) is 13.2 Å². The minimum absolute atomic E-state index is 0.00195. The molecule has 6 N–H and O–H groups in total. The number of nitrogens with one attached hydrogen (secondary N) is 1. The minimum atomic E-state index is -5.19. The molecule has 216 valence electrons. The van der Waals surface area contributed by atoms with Gasteiger partial charge in [0.25, 0.3) is 0 Å². The van der Waals surface area contributed by atoms with Crippen LogP contribution in [0.1, 0.15) is 30.0 Å². The van der Waals surface area contributed by atoms with Gasteiger partial charge in [-0.2, -0.15) is 13.2 Å². The van der Waals surface area contributed by atoms with Crippen LogP contribution < -0.4 is 25.3 Å². The molecule has 0 bridgehead atoms. The summed E-state index contributed by atoms with van der Waals surface area (Å²) in [5.41, 5.74) is 1.96. The fourth-order valence-electron chi connectivity index (χ4n) is 4.25. The second kappa shape index (κ2) is 11.5. The largest absolute Gasteiger partial charge is 0.493 e. The van der Waals surface area contributed by atoms with Gasteiger partial charge in [0.2, 0.25) is 5.60 Å². The number of nitrogens with zero attached hydrogens (tertiary/aromatic N) is 1. The van der Waals surface area contributed by atoms with Crippen LogP contribution in [0.2, 0.25) is 0 Å². The van der Waals surface area contributed by atoms with E-state index in [2.05, 4.69) is 26.2 Å². The minimum Gasteiger partial charge on any atom is -0.493 e. The third-order valence-corrected chi connectivity index (χ3v) is 7.05. The Labute approximate surface area is 236 Å². The molecule has 2 heterocycles. The van der Waals surface area contributed by atoms with Gasteiger partial charge in [0.15, 0.2) is 17.2 Å². The molecule has 1 aromatic heterocycles. The van der Waals surface area contributed by atoms with Crippen LogP contribution in [-0.4, -0.2) is 60.0 Å². The molecule has 4 rings (SSSR count). The van der Waals surface area contributed by atoms with Crippen LogP contribution >= 0.6 is 15.9 Å². The number of pyridine rings is 1. The Morgan fingerprint density at radius 1 is 1.18 bits per heavy atom. The number of aromatic nitrogens is 1. The number of hydrogen-bond donors (Lipinski definition) is 5. The number of halogens is 4. The maximum absolute atomic E-state index is 14.5. The summed E-state index contributed by atoms with van der Waals surface area (Å²) in [6.45, 7) is 0.248. The number of alkyl halides is 3. The molecule has 2 aromatic carbocycles. The van der Waals surface area contributed by atoms with Crippen molar-refractivity contribution in [3.05, 3.63) is 69.8 Å². The van der Waals surface area contributed by atoms with Crippen molar-refractivity contribution in [2.24, 2.45) is 5.73 Å². The average Bonchev–Trinajstić information content (AvgIpc) is 3.23. The molecule has 13 heteroatoms. The van der Waals surface area contributed by atoms with E-state index in [-0.39, 0.29) is 53.9 Å². The van der Waals surface area contributed by atoms with E-state index in [1.807, 2.05) is 0 Å². The normalized spacial score (nSPS) is 18.9. The highest BCUT2D eigenvalue weighted by atomic mass is 79.9. The summed E-state index contributed by atoms with van der Waals surface area (Å²) in [4.78, 5) is 4.22. The molecule has 9 nitrogen and oxygen atoms in total. The quantitative estimate of drug-likeness (QED) is 0.214. The lowest BCUT2D eigenvalue weighted by atomic mass is 9.89. The topological polar surface area (TPSA) is 139 Å². The zero-order valence-corrected chi connectivity index (χ0v) is 23.2. The molecule has 1 aliphatic rings. The van der Waals surface area contributed by atoms with E-state index in [4.69, 9.17) is 25.1 Å². The molecule has 0 radical (unpaired) electrons. The first-order valence-corrected chi connectivity index (χ1v) is 13.0. The number of rotatable bonds is 10. The third-order valence-electron chi connectivity index (χ3n) is 6.52. The Balaban J connectivity index is 1.71. The summed E-state index contributed by atoms with van der Waals surface area (Å²) in [7, 11) is 1.35. The van der Waals surface area contributed by atoms with Crippen LogP contribution in [0.3, 0.4) is 0 Å². The van der Waals surface area contributed by atoms with Gasteiger partial charge in [-0.25, -0.2) is 4.98 Å². The smallest absolute Gasteiger partial charge is 0.424 e. The maximum Gasteiger partial charge on any atom is 0.424 e. The summed E-state index contributed by atoms with van der Waals surface area (Å²) in [6.07, 6.45) is -6.82. The van der Waals surface area contributed by atoms with Gasteiger partial charge in [-0.05, 0) is 42.8 Å². The molecule has 0 saturated heterocycles. The summed E-state index contributed by atoms with van der Waals surface area (Å²) < 4.78 is 60.6. The summed E-state index contributed by atoms with van der Waals surface area (Å²) in [5.74, 6) is 0.706. The number of hydrogen-bond acceptors (Lipinski definition) is 9. The van der Waals surface area contributed by atoms with Crippen LogP contribution in [0.15, 0.2) is 53.0 Å². The van der Waals surface area contributed by atoms with Crippen molar-refractivity contribution >= 4 is 15.9 Å². The van der Waals surface area contributed by atoms with Crippen LogP contribution in [0, 0.1) is 0 Å². The third kappa shape index (κ3) is 5.90. The fraction of sp³-hybridized carbons (Fsp3) is 0.370. The molecule has 1 aliphatic heterocycles. The number of methoxy groups -OCH3 is 1. The Kier molecular flexibility index (Phi) is 8.64. The van der Waals surface area contributed by atoms with Gasteiger partial charge >= 0.3 is 6.18 Å². The van der Waals surface area contributed by atoms with E-state index >= 15 is 0 Å². The summed E-state index contributed by atoms with van der Waals surface area (Å²) in [5, 5.41) is 33.2. The van der Waals surface area contributed by atoms with Crippen molar-refractivity contribution in [1.29, 1.82) is 0 Å². The van der Waals surface area contributed by atoms with E-state index in [0.29, 0.717) is 5.56 Å². The Hall–Kier alpha value is -2.94. The number of fused-ring (bicyclic) bond motifs is 1. The standard InChI is InChI=1S/C27H29BrF3N3O6/c1-25(32)14-40-23-18(25)12-21(34-22(23)15-3-6-17(28)7-4-15)26(37,27(29,30)31)13-33-24(36)16-5-8-19(39-10-9-35)20(11-16)38-2/h3-8,11-12,24,33,35-37H,9-10,13-14,32H2,1-2H3. The second-order valence-corrected chi connectivity index (χ2v) is 10.5. The Morgan fingerprint density at radius 2 is 1.88 bits per heavy atom. The molecule has 0 amide bonds. The van der Waals surface area contributed by atoms with Crippen molar-refractivity contribution < 1.29 is 42.7 Å². The summed E-state index contributed by atoms with van der Waals surface area (Å²) in [6, 6.07) is 12.0. The molecular weight excluding hydrogens is 599 g/mol. The Bertz CT molecular complexity index is 1360. The van der Waals surface area contributed by atoms with E-state index in [1.165, 1.54) is 25.3 Å². The van der Waals surface area contributed by atoms with Gasteiger partial charge in [-0.1, -0.05) is 34.1 Å². The average molecular weight is 628 g/mol. The van der Waals surface area contributed by atoms with Crippen molar-refractivity contribution in [2.45, 2.75) is 30.5 Å². The zero-order valence-electron chi connectivity index (χ0n) is 21.6. The van der Waals surface area contributed by atoms with E-state index in [1.54, 1.807) is 31.2 Å². The molecule has 0 aliphatic carbocycles. The molecule has 0 saturated carbocycles. The van der Waals surface area contributed by atoms with Crippen LogP contribution in [-0.2, 0) is 11.1 Å². The predicted octanol–water partition coefficient (Wildman–Crippen LogP) is 3.49. The van der Waals surface area contributed by atoms with Crippen molar-refractivity contribution in [2.75, 3.05) is 33.5 Å². The number of nitrogens with two attached hydrogens (primary N) is 1. The van der Waals surface area contributed by atoms with Gasteiger partial charge < -0.3 is 35.3 Å². The van der Waals surface area contributed by atoms with Gasteiger partial charge in [0.05, 0.1) is 24.9 Å². The molecule has 3 aromatic rings. The number of benzene rings is 2. The first-order valence-electron chi connectivity index (χ1n) is 12.2. The molecule has 0 fully saturated rings. The van der Waals surface area contributed by atoms with Gasteiger partial charge in [0.1, 0.15) is 25.1 Å². The van der Waals surface area contributed by atoms with E-state index < -0.39 is 35.8 Å². The van der Waals surface area contributed by atoms with Crippen molar-refractivity contribution in [1.82, 2.24) is 10.3 Å². The Morgan fingerprint density at radius 3 is 2.50 bits per heavy atom. The molecule has 3 atom stereocenters. The van der Waals surface area contributed by atoms with Gasteiger partial charge in [-0.15, -0.1) is 0 Å².